The van der Waals surface area contributed by atoms with Crippen molar-refractivity contribution in [3.8, 4) is 0 Å². The quantitative estimate of drug-likeness (QED) is 0.620. The zero-order chi connectivity index (χ0) is 12.1. The third-order valence-corrected chi connectivity index (χ3v) is 4.23. The summed E-state index contributed by atoms with van der Waals surface area (Å²) in [6.45, 7) is 5.98. The van der Waals surface area contributed by atoms with Gasteiger partial charge in [0, 0.05) is 18.5 Å². The molecule has 0 aliphatic heterocycles. The van der Waals surface area contributed by atoms with Gasteiger partial charge in [-0.15, -0.1) is 0 Å². The fraction of sp³-hybridized carbons (Fsp3) is 1.00. The monoisotopic (exact) mass is 229 g/mol. The summed E-state index contributed by atoms with van der Waals surface area (Å²) in [6.07, 6.45) is 6.59. The normalized spacial score (nSPS) is 20.2. The van der Waals surface area contributed by atoms with E-state index in [1.54, 1.807) is 0 Å². The summed E-state index contributed by atoms with van der Waals surface area (Å²) >= 11 is 0. The third-order valence-electron chi connectivity index (χ3n) is 4.23. The molecular weight excluding hydrogens is 202 g/mol. The Hall–Kier alpha value is -0.120. The maximum atomic E-state index is 9.20. The fourth-order valence-corrected chi connectivity index (χ4v) is 2.57. The zero-order valence-corrected chi connectivity index (χ0v) is 10.8. The summed E-state index contributed by atoms with van der Waals surface area (Å²) in [6, 6.07) is 0. The van der Waals surface area contributed by atoms with Crippen LogP contribution >= 0.6 is 0 Å². The van der Waals surface area contributed by atoms with E-state index in [1.165, 1.54) is 32.1 Å². The van der Waals surface area contributed by atoms with Crippen molar-refractivity contribution in [3.63, 3.8) is 0 Å². The first-order valence-electron chi connectivity index (χ1n) is 6.52. The molecule has 96 valence electrons. The van der Waals surface area contributed by atoms with Gasteiger partial charge in [0.15, 0.2) is 0 Å². The van der Waals surface area contributed by atoms with Gasteiger partial charge < -0.3 is 15.5 Å². The van der Waals surface area contributed by atoms with Gasteiger partial charge in [0.05, 0.1) is 13.2 Å². The van der Waals surface area contributed by atoms with Crippen LogP contribution in [0.15, 0.2) is 0 Å². The highest BCUT2D eigenvalue weighted by atomic mass is 16.3. The molecule has 0 aromatic heterocycles. The largest absolute Gasteiger partial charge is 0.396 e. The lowest BCUT2D eigenvalue weighted by atomic mass is 9.83. The van der Waals surface area contributed by atoms with Crippen LogP contribution in [0.1, 0.15) is 46.0 Å². The molecule has 0 saturated heterocycles. The van der Waals surface area contributed by atoms with Gasteiger partial charge >= 0.3 is 0 Å². The molecule has 0 aromatic rings. The van der Waals surface area contributed by atoms with Crippen molar-refractivity contribution in [2.24, 2.45) is 10.8 Å². The van der Waals surface area contributed by atoms with Gasteiger partial charge in [-0.25, -0.2) is 0 Å². The number of hydrogen-bond acceptors (Lipinski definition) is 3. The Morgan fingerprint density at radius 3 is 2.19 bits per heavy atom. The van der Waals surface area contributed by atoms with E-state index < -0.39 is 0 Å². The lowest BCUT2D eigenvalue weighted by molar-refractivity contribution is 0.0665. The summed E-state index contributed by atoms with van der Waals surface area (Å²) in [5.41, 5.74) is 0.0966. The summed E-state index contributed by atoms with van der Waals surface area (Å²) in [5, 5.41) is 21.8. The first-order chi connectivity index (χ1) is 7.60. The van der Waals surface area contributed by atoms with Gasteiger partial charge in [-0.3, -0.25) is 0 Å². The van der Waals surface area contributed by atoms with E-state index in [1.807, 2.05) is 6.92 Å². The summed E-state index contributed by atoms with van der Waals surface area (Å²) in [4.78, 5) is 0. The minimum absolute atomic E-state index is 0.0373. The van der Waals surface area contributed by atoms with Crippen molar-refractivity contribution in [1.29, 1.82) is 0 Å². The number of aliphatic hydroxyl groups is 2. The van der Waals surface area contributed by atoms with Gasteiger partial charge in [-0.2, -0.15) is 0 Å². The molecule has 0 amide bonds. The summed E-state index contributed by atoms with van der Waals surface area (Å²) in [5.74, 6) is 0. The van der Waals surface area contributed by atoms with Crippen LogP contribution in [0.5, 0.6) is 0 Å². The van der Waals surface area contributed by atoms with E-state index in [2.05, 4.69) is 12.2 Å². The molecule has 0 radical (unpaired) electrons. The van der Waals surface area contributed by atoms with E-state index in [0.29, 0.717) is 12.0 Å². The number of nitrogens with one attached hydrogen (secondary N) is 1. The molecule has 3 nitrogen and oxygen atoms in total. The molecule has 0 heterocycles. The van der Waals surface area contributed by atoms with Gasteiger partial charge in [0.2, 0.25) is 0 Å². The Kier molecular flexibility index (Phi) is 5.22. The van der Waals surface area contributed by atoms with Crippen LogP contribution in [0.4, 0.5) is 0 Å². The Balaban J connectivity index is 2.33. The molecule has 0 aromatic carbocycles. The first-order valence-corrected chi connectivity index (χ1v) is 6.52. The Labute approximate surface area is 99.3 Å². The number of rotatable bonds is 7. The second-order valence-corrected chi connectivity index (χ2v) is 5.79. The van der Waals surface area contributed by atoms with Gasteiger partial charge in [0.25, 0.3) is 0 Å². The second-order valence-electron chi connectivity index (χ2n) is 5.79. The third kappa shape index (κ3) is 3.44. The van der Waals surface area contributed by atoms with Crippen molar-refractivity contribution in [2.45, 2.75) is 46.0 Å². The predicted molar refractivity (Wildman–Crippen MR) is 66.3 cm³/mol. The van der Waals surface area contributed by atoms with Crippen LogP contribution in [0.3, 0.4) is 0 Å². The van der Waals surface area contributed by atoms with Gasteiger partial charge in [-0.1, -0.05) is 26.7 Å². The van der Waals surface area contributed by atoms with Crippen LogP contribution in [-0.2, 0) is 0 Å². The average Bonchev–Trinajstić information content (AvgIpc) is 2.78. The number of aliphatic hydroxyl groups excluding tert-OH is 2. The van der Waals surface area contributed by atoms with Crippen molar-refractivity contribution in [2.75, 3.05) is 26.3 Å². The second kappa shape index (κ2) is 5.99. The molecule has 1 fully saturated rings. The molecule has 1 aliphatic carbocycles. The Morgan fingerprint density at radius 2 is 1.75 bits per heavy atom. The molecule has 16 heavy (non-hydrogen) atoms. The molecule has 3 heteroatoms. The summed E-state index contributed by atoms with van der Waals surface area (Å²) in [7, 11) is 0. The molecule has 0 unspecified atom stereocenters. The molecule has 0 bridgehead atoms. The van der Waals surface area contributed by atoms with Crippen molar-refractivity contribution in [1.82, 2.24) is 5.32 Å². The summed E-state index contributed by atoms with van der Waals surface area (Å²) < 4.78 is 0. The SMILES string of the molecule is CCC1(CNCC(C)(CO)CO)CCCC1. The van der Waals surface area contributed by atoms with E-state index in [4.69, 9.17) is 0 Å². The molecule has 0 atom stereocenters. The van der Waals surface area contributed by atoms with Crippen LogP contribution in [0.2, 0.25) is 0 Å². The van der Waals surface area contributed by atoms with E-state index in [-0.39, 0.29) is 18.6 Å². The Morgan fingerprint density at radius 1 is 1.19 bits per heavy atom. The smallest absolute Gasteiger partial charge is 0.0518 e. The van der Waals surface area contributed by atoms with Crippen molar-refractivity contribution >= 4 is 0 Å². The predicted octanol–water partition coefficient (Wildman–Crippen LogP) is 1.54. The van der Waals surface area contributed by atoms with E-state index in [0.717, 1.165) is 6.54 Å². The molecule has 1 saturated carbocycles. The molecular formula is C13H27NO2. The van der Waals surface area contributed by atoms with Crippen molar-refractivity contribution in [3.05, 3.63) is 0 Å². The highest BCUT2D eigenvalue weighted by molar-refractivity contribution is 4.86. The van der Waals surface area contributed by atoms with Crippen LogP contribution < -0.4 is 5.32 Å². The van der Waals surface area contributed by atoms with E-state index in [9.17, 15) is 10.2 Å². The number of hydrogen-bond donors (Lipinski definition) is 3. The maximum absolute atomic E-state index is 9.20. The fourth-order valence-electron chi connectivity index (χ4n) is 2.57. The molecule has 1 rings (SSSR count). The minimum atomic E-state index is -0.381. The van der Waals surface area contributed by atoms with Crippen molar-refractivity contribution < 1.29 is 10.2 Å². The molecule has 0 spiro atoms. The molecule has 3 N–H and O–H groups in total. The highest BCUT2D eigenvalue weighted by Gasteiger charge is 2.32. The lowest BCUT2D eigenvalue weighted by Gasteiger charge is -2.31. The molecule has 1 aliphatic rings. The first kappa shape index (κ1) is 13.9. The van der Waals surface area contributed by atoms with Crippen LogP contribution in [0, 0.1) is 10.8 Å². The zero-order valence-electron chi connectivity index (χ0n) is 10.8. The minimum Gasteiger partial charge on any atom is -0.396 e. The topological polar surface area (TPSA) is 52.5 Å². The highest BCUT2D eigenvalue weighted by Crippen LogP contribution is 2.40. The van der Waals surface area contributed by atoms with Crippen LogP contribution in [0.25, 0.3) is 0 Å². The average molecular weight is 229 g/mol. The standard InChI is InChI=1S/C13H27NO2/c1-3-13(6-4-5-7-13)9-14-8-12(2,10-15)11-16/h14-16H,3-11H2,1-2H3. The van der Waals surface area contributed by atoms with E-state index >= 15 is 0 Å². The van der Waals surface area contributed by atoms with Crippen LogP contribution in [-0.4, -0.2) is 36.5 Å². The maximum Gasteiger partial charge on any atom is 0.0518 e. The lowest BCUT2D eigenvalue weighted by Crippen LogP contribution is -2.42. The van der Waals surface area contributed by atoms with Gasteiger partial charge in [-0.05, 0) is 24.7 Å². The van der Waals surface area contributed by atoms with Gasteiger partial charge in [0.1, 0.15) is 0 Å². The Bertz CT molecular complexity index is 196.